The van der Waals surface area contributed by atoms with Crippen molar-refractivity contribution in [2.75, 3.05) is 26.0 Å². The number of fused-ring (bicyclic) bond motifs is 2. The van der Waals surface area contributed by atoms with Crippen LogP contribution in [0.15, 0.2) is 30.6 Å². The quantitative estimate of drug-likeness (QED) is 0.408. The summed E-state index contributed by atoms with van der Waals surface area (Å²) in [6.07, 6.45) is 8.82. The van der Waals surface area contributed by atoms with Gasteiger partial charge in [-0.25, -0.2) is 9.97 Å². The molecule has 3 atom stereocenters. The number of anilines is 2. The number of carbonyl (C=O) groups is 3. The van der Waals surface area contributed by atoms with Crippen molar-refractivity contribution in [1.29, 1.82) is 0 Å². The fourth-order valence-corrected chi connectivity index (χ4v) is 6.49. The van der Waals surface area contributed by atoms with Crippen LogP contribution in [0.3, 0.4) is 0 Å². The first-order valence-electron chi connectivity index (χ1n) is 14.8. The third-order valence-electron chi connectivity index (χ3n) is 8.50. The van der Waals surface area contributed by atoms with Crippen molar-refractivity contribution in [3.05, 3.63) is 41.9 Å². The van der Waals surface area contributed by atoms with E-state index in [2.05, 4.69) is 19.9 Å². The summed E-state index contributed by atoms with van der Waals surface area (Å²) in [5.41, 5.74) is 1.26. The third kappa shape index (κ3) is 5.56. The first-order valence-corrected chi connectivity index (χ1v) is 14.8. The number of esters is 1. The fraction of sp³-hybridized carbons (Fsp3) is 0.548. The number of nitrogens with one attached hydrogen (secondary N) is 1. The average molecular weight is 574 g/mol. The highest BCUT2D eigenvalue weighted by Crippen LogP contribution is 2.51. The molecule has 0 aromatic carbocycles. The van der Waals surface area contributed by atoms with E-state index in [-0.39, 0.29) is 36.3 Å². The summed E-state index contributed by atoms with van der Waals surface area (Å²) in [6.45, 7) is 6.21. The van der Waals surface area contributed by atoms with E-state index in [1.165, 1.54) is 0 Å². The Morgan fingerprint density at radius 1 is 1.10 bits per heavy atom. The molecule has 0 bridgehead atoms. The van der Waals surface area contributed by atoms with E-state index in [4.69, 9.17) is 9.72 Å². The second kappa shape index (κ2) is 10.7. The van der Waals surface area contributed by atoms with E-state index in [0.717, 1.165) is 43.1 Å². The van der Waals surface area contributed by atoms with E-state index in [9.17, 15) is 14.4 Å². The van der Waals surface area contributed by atoms with Gasteiger partial charge in [-0.2, -0.15) is 4.98 Å². The van der Waals surface area contributed by atoms with Crippen molar-refractivity contribution < 1.29 is 19.1 Å². The number of likely N-dealkylation sites (tertiary alicyclic amines) is 1. The zero-order valence-electron chi connectivity index (χ0n) is 25.0. The van der Waals surface area contributed by atoms with Crippen LogP contribution in [-0.2, 0) is 9.53 Å². The number of pyridine rings is 1. The minimum absolute atomic E-state index is 0.0556. The third-order valence-corrected chi connectivity index (χ3v) is 8.50. The monoisotopic (exact) mass is 573 g/mol. The highest BCUT2D eigenvalue weighted by Gasteiger charge is 2.54. The van der Waals surface area contributed by atoms with Gasteiger partial charge in [0.25, 0.3) is 11.8 Å². The lowest BCUT2D eigenvalue weighted by molar-refractivity contribution is -0.156. The van der Waals surface area contributed by atoms with Crippen molar-refractivity contribution >= 4 is 40.6 Å². The standard InChI is InChI=1S/C31H39N7O4/c1-31(2,3)42-26(39)14-23-22-12-20(22)17-37(23)28(40)18-10-11-25(32-15-18)34-30-33-16-19-13-24(29(41)36(4)5)38(27(19)35-30)21-8-6-7-9-21/h10-11,13,15-16,20-23H,6-9,12,14,17H2,1-5H3,(H,32,33,34,35). The molecule has 2 amide bonds. The SMILES string of the molecule is CN(C)C(=O)c1cc2cnc(Nc3ccc(C(=O)N4CC5CC5C4CC(=O)OC(C)(C)C)cn3)nc2n1C1CCCC1. The summed E-state index contributed by atoms with van der Waals surface area (Å²) in [7, 11) is 3.51. The minimum atomic E-state index is -0.556. The predicted octanol–water partition coefficient (Wildman–Crippen LogP) is 4.58. The summed E-state index contributed by atoms with van der Waals surface area (Å²) in [5, 5.41) is 3.97. The molecule has 11 nitrogen and oxygen atoms in total. The van der Waals surface area contributed by atoms with Gasteiger partial charge in [0.2, 0.25) is 5.95 Å². The van der Waals surface area contributed by atoms with Gasteiger partial charge in [-0.1, -0.05) is 12.8 Å². The average Bonchev–Trinajstić information content (AvgIpc) is 3.24. The highest BCUT2D eigenvalue weighted by molar-refractivity contribution is 5.98. The maximum Gasteiger partial charge on any atom is 0.308 e. The van der Waals surface area contributed by atoms with E-state index in [1.807, 2.05) is 31.7 Å². The Balaban J connectivity index is 1.18. The Labute approximate surface area is 245 Å². The largest absolute Gasteiger partial charge is 0.460 e. The van der Waals surface area contributed by atoms with Gasteiger partial charge >= 0.3 is 5.97 Å². The molecule has 0 spiro atoms. The number of hydrogen-bond acceptors (Lipinski definition) is 8. The molecule has 1 N–H and O–H groups in total. The van der Waals surface area contributed by atoms with Gasteiger partial charge in [0, 0.05) is 50.5 Å². The van der Waals surface area contributed by atoms with Gasteiger partial charge in [-0.05, 0) is 70.1 Å². The molecule has 6 rings (SSSR count). The summed E-state index contributed by atoms with van der Waals surface area (Å²) >= 11 is 0. The van der Waals surface area contributed by atoms with E-state index >= 15 is 0 Å². The van der Waals surface area contributed by atoms with Gasteiger partial charge < -0.3 is 24.4 Å². The second-order valence-corrected chi connectivity index (χ2v) is 13.0. The highest BCUT2D eigenvalue weighted by atomic mass is 16.6. The molecular formula is C31H39N7O4. The van der Waals surface area contributed by atoms with Crippen molar-refractivity contribution in [2.45, 2.75) is 77.0 Å². The van der Waals surface area contributed by atoms with Crippen molar-refractivity contribution in [3.63, 3.8) is 0 Å². The number of piperidine rings is 1. The van der Waals surface area contributed by atoms with Crippen LogP contribution >= 0.6 is 0 Å². The van der Waals surface area contributed by atoms with Gasteiger partial charge in [-0.3, -0.25) is 14.4 Å². The molecule has 3 fully saturated rings. The Morgan fingerprint density at radius 3 is 2.52 bits per heavy atom. The molecule has 3 aliphatic rings. The lowest BCUT2D eigenvalue weighted by atomic mass is 10.1. The van der Waals surface area contributed by atoms with Crippen LogP contribution in [0.1, 0.15) is 86.2 Å². The van der Waals surface area contributed by atoms with Gasteiger partial charge in [0.15, 0.2) is 0 Å². The van der Waals surface area contributed by atoms with Crippen LogP contribution in [0.5, 0.6) is 0 Å². The predicted molar refractivity (Wildman–Crippen MR) is 157 cm³/mol. The van der Waals surface area contributed by atoms with Gasteiger partial charge in [0.1, 0.15) is 22.8 Å². The first kappa shape index (κ1) is 28.1. The molecule has 222 valence electrons. The molecule has 4 heterocycles. The summed E-state index contributed by atoms with van der Waals surface area (Å²) in [5.74, 6) is 1.24. The lowest BCUT2D eigenvalue weighted by Gasteiger charge is -2.28. The molecule has 11 heteroatoms. The molecule has 1 aliphatic heterocycles. The molecular weight excluding hydrogens is 534 g/mol. The van der Waals surface area contributed by atoms with Crippen LogP contribution in [0.4, 0.5) is 11.8 Å². The first-order chi connectivity index (χ1) is 20.0. The van der Waals surface area contributed by atoms with Crippen molar-refractivity contribution in [3.8, 4) is 0 Å². The summed E-state index contributed by atoms with van der Waals surface area (Å²) < 4.78 is 7.60. The Kier molecular flexibility index (Phi) is 7.14. The number of ether oxygens (including phenoxy) is 1. The smallest absolute Gasteiger partial charge is 0.308 e. The number of carbonyl (C=O) groups excluding carboxylic acids is 3. The zero-order valence-corrected chi connectivity index (χ0v) is 25.0. The van der Waals surface area contributed by atoms with Gasteiger partial charge in [-0.15, -0.1) is 0 Å². The molecule has 42 heavy (non-hydrogen) atoms. The second-order valence-electron chi connectivity index (χ2n) is 13.0. The van der Waals surface area contributed by atoms with E-state index < -0.39 is 5.60 Å². The van der Waals surface area contributed by atoms with Crippen LogP contribution in [-0.4, -0.2) is 79.4 Å². The van der Waals surface area contributed by atoms with Gasteiger partial charge in [0.05, 0.1) is 12.0 Å². The summed E-state index contributed by atoms with van der Waals surface area (Å²) in [6, 6.07) is 5.42. The Hall–Kier alpha value is -4.02. The van der Waals surface area contributed by atoms with Crippen molar-refractivity contribution in [2.24, 2.45) is 11.8 Å². The van der Waals surface area contributed by atoms with Crippen LogP contribution < -0.4 is 5.32 Å². The molecule has 3 aromatic heterocycles. The fourth-order valence-electron chi connectivity index (χ4n) is 6.49. The summed E-state index contributed by atoms with van der Waals surface area (Å²) in [4.78, 5) is 56.1. The lowest BCUT2D eigenvalue weighted by Crippen LogP contribution is -2.40. The number of hydrogen-bond donors (Lipinski definition) is 1. The minimum Gasteiger partial charge on any atom is -0.460 e. The van der Waals surface area contributed by atoms with Crippen LogP contribution in [0.2, 0.25) is 0 Å². The molecule has 2 saturated carbocycles. The molecule has 3 unspecified atom stereocenters. The number of rotatable bonds is 7. The van der Waals surface area contributed by atoms with E-state index in [0.29, 0.717) is 41.4 Å². The molecule has 2 aliphatic carbocycles. The maximum atomic E-state index is 13.4. The van der Waals surface area contributed by atoms with Crippen LogP contribution in [0, 0.1) is 11.8 Å². The topological polar surface area (TPSA) is 123 Å². The Bertz CT molecular complexity index is 1520. The molecule has 3 aromatic rings. The number of nitrogens with zero attached hydrogens (tertiary/aromatic N) is 6. The zero-order chi connectivity index (χ0) is 29.8. The number of aromatic nitrogens is 4. The molecule has 0 radical (unpaired) electrons. The van der Waals surface area contributed by atoms with E-state index in [1.54, 1.807) is 43.5 Å². The van der Waals surface area contributed by atoms with Crippen LogP contribution in [0.25, 0.3) is 11.0 Å². The molecule has 1 saturated heterocycles. The maximum absolute atomic E-state index is 13.4. The Morgan fingerprint density at radius 2 is 1.86 bits per heavy atom. The normalized spacial score (nSPS) is 21.8. The van der Waals surface area contributed by atoms with Crippen molar-refractivity contribution in [1.82, 2.24) is 29.3 Å². The number of amides is 2.